The molecule has 0 aliphatic carbocycles. The van der Waals surface area contributed by atoms with Gasteiger partial charge in [-0.1, -0.05) is 30.3 Å². The summed E-state index contributed by atoms with van der Waals surface area (Å²) in [6.07, 6.45) is -1.11. The van der Waals surface area contributed by atoms with Gasteiger partial charge in [-0.3, -0.25) is 9.48 Å². The number of hydrogen-bond acceptors (Lipinski definition) is 3. The fourth-order valence-corrected chi connectivity index (χ4v) is 3.91. The van der Waals surface area contributed by atoms with E-state index in [1.54, 1.807) is 17.1 Å². The van der Waals surface area contributed by atoms with E-state index in [1.165, 1.54) is 17.0 Å². The van der Waals surface area contributed by atoms with Crippen LogP contribution in [0.5, 0.6) is 0 Å². The Kier molecular flexibility index (Phi) is 4.61. The summed E-state index contributed by atoms with van der Waals surface area (Å²) in [5.41, 5.74) is 2.05. The van der Waals surface area contributed by atoms with Crippen LogP contribution in [0.15, 0.2) is 67.0 Å². The Morgan fingerprint density at radius 1 is 1.06 bits per heavy atom. The Labute approximate surface area is 181 Å². The standard InChI is InChI=1S/C23H18F3N5O/c1-14-13-30(17-9-7-16(8-10-17)23(24,25)26)22(32)20-18(11-28-31(14)20)19-12-27-21(29-19)15-5-3-2-4-6-15/h2-12,14H,13H2,1H3,(H,27,29). The fraction of sp³-hybridized carbons (Fsp3) is 0.174. The summed E-state index contributed by atoms with van der Waals surface area (Å²) in [4.78, 5) is 22.6. The topological polar surface area (TPSA) is 66.8 Å². The molecule has 0 fully saturated rings. The summed E-state index contributed by atoms with van der Waals surface area (Å²) in [7, 11) is 0. The Morgan fingerprint density at radius 2 is 1.78 bits per heavy atom. The van der Waals surface area contributed by atoms with Crippen molar-refractivity contribution >= 4 is 11.6 Å². The van der Waals surface area contributed by atoms with Crippen molar-refractivity contribution in [2.45, 2.75) is 19.1 Å². The van der Waals surface area contributed by atoms with Crippen LogP contribution in [0.25, 0.3) is 22.6 Å². The van der Waals surface area contributed by atoms with Crippen LogP contribution in [0.2, 0.25) is 0 Å². The minimum Gasteiger partial charge on any atom is -0.344 e. The highest BCUT2D eigenvalue weighted by atomic mass is 19.4. The van der Waals surface area contributed by atoms with E-state index >= 15 is 0 Å². The average molecular weight is 437 g/mol. The van der Waals surface area contributed by atoms with E-state index in [2.05, 4.69) is 15.1 Å². The van der Waals surface area contributed by atoms with Gasteiger partial charge in [0, 0.05) is 24.0 Å². The van der Waals surface area contributed by atoms with Crippen molar-refractivity contribution in [1.82, 2.24) is 19.7 Å². The van der Waals surface area contributed by atoms with Gasteiger partial charge in [0.05, 0.1) is 29.1 Å². The first-order valence-electron chi connectivity index (χ1n) is 10.0. The maximum Gasteiger partial charge on any atom is 0.416 e. The Bertz CT molecular complexity index is 1280. The number of benzene rings is 2. The lowest BCUT2D eigenvalue weighted by Gasteiger charge is -2.32. The minimum absolute atomic E-state index is 0.161. The van der Waals surface area contributed by atoms with Gasteiger partial charge in [-0.15, -0.1) is 0 Å². The molecular weight excluding hydrogens is 419 g/mol. The van der Waals surface area contributed by atoms with Gasteiger partial charge in [-0.05, 0) is 31.2 Å². The third kappa shape index (κ3) is 3.35. The van der Waals surface area contributed by atoms with Crippen LogP contribution in [-0.2, 0) is 6.18 Å². The van der Waals surface area contributed by atoms with Gasteiger partial charge in [0.2, 0.25) is 0 Å². The molecule has 1 atom stereocenters. The predicted octanol–water partition coefficient (Wildman–Crippen LogP) is 5.18. The Hall–Kier alpha value is -3.88. The van der Waals surface area contributed by atoms with Crippen LogP contribution in [0.4, 0.5) is 18.9 Å². The largest absolute Gasteiger partial charge is 0.416 e. The predicted molar refractivity (Wildman–Crippen MR) is 113 cm³/mol. The summed E-state index contributed by atoms with van der Waals surface area (Å²) >= 11 is 0. The molecule has 4 aromatic rings. The molecule has 162 valence electrons. The Morgan fingerprint density at radius 3 is 2.47 bits per heavy atom. The fourth-order valence-electron chi connectivity index (χ4n) is 3.91. The second-order valence-electron chi connectivity index (χ2n) is 7.66. The van der Waals surface area contributed by atoms with Crippen molar-refractivity contribution in [2.75, 3.05) is 11.4 Å². The molecule has 0 bridgehead atoms. The number of halogens is 3. The molecule has 2 aromatic carbocycles. The van der Waals surface area contributed by atoms with Gasteiger partial charge in [-0.2, -0.15) is 18.3 Å². The molecule has 1 N–H and O–H groups in total. The van der Waals surface area contributed by atoms with Crippen LogP contribution in [0, 0.1) is 0 Å². The molecule has 1 aliphatic heterocycles. The highest BCUT2D eigenvalue weighted by molar-refractivity contribution is 6.09. The number of rotatable bonds is 3. The summed E-state index contributed by atoms with van der Waals surface area (Å²) < 4.78 is 40.4. The number of hydrogen-bond donors (Lipinski definition) is 1. The number of H-pyrrole nitrogens is 1. The zero-order chi connectivity index (χ0) is 22.5. The lowest BCUT2D eigenvalue weighted by molar-refractivity contribution is -0.137. The van der Waals surface area contributed by atoms with E-state index in [0.717, 1.165) is 17.7 Å². The third-order valence-corrected chi connectivity index (χ3v) is 5.51. The zero-order valence-electron chi connectivity index (χ0n) is 17.0. The molecule has 1 aliphatic rings. The van der Waals surface area contributed by atoms with Crippen molar-refractivity contribution in [2.24, 2.45) is 0 Å². The van der Waals surface area contributed by atoms with Gasteiger partial charge in [-0.25, -0.2) is 4.98 Å². The van der Waals surface area contributed by atoms with Gasteiger partial charge < -0.3 is 9.88 Å². The zero-order valence-corrected chi connectivity index (χ0v) is 17.0. The van der Waals surface area contributed by atoms with Gasteiger partial charge >= 0.3 is 6.18 Å². The summed E-state index contributed by atoms with van der Waals surface area (Å²) in [6.45, 7) is 2.21. The Balaban J connectivity index is 1.51. The molecule has 5 rings (SSSR count). The second-order valence-corrected chi connectivity index (χ2v) is 7.66. The molecule has 1 amide bonds. The maximum absolute atomic E-state index is 13.4. The van der Waals surface area contributed by atoms with E-state index in [1.807, 2.05) is 37.3 Å². The van der Waals surface area contributed by atoms with Crippen LogP contribution >= 0.6 is 0 Å². The lowest BCUT2D eigenvalue weighted by atomic mass is 10.1. The van der Waals surface area contributed by atoms with Crippen molar-refractivity contribution in [3.05, 3.63) is 78.2 Å². The van der Waals surface area contributed by atoms with Crippen LogP contribution in [-0.4, -0.2) is 32.2 Å². The number of anilines is 1. The lowest BCUT2D eigenvalue weighted by Crippen LogP contribution is -2.42. The van der Waals surface area contributed by atoms with E-state index < -0.39 is 11.7 Å². The molecule has 0 saturated carbocycles. The molecule has 1 unspecified atom stereocenters. The van der Waals surface area contributed by atoms with Gasteiger partial charge in [0.1, 0.15) is 11.5 Å². The van der Waals surface area contributed by atoms with Crippen molar-refractivity contribution in [3.8, 4) is 22.6 Å². The number of imidazole rings is 1. The number of fused-ring (bicyclic) bond motifs is 1. The van der Waals surface area contributed by atoms with E-state index in [9.17, 15) is 18.0 Å². The monoisotopic (exact) mass is 437 g/mol. The smallest absolute Gasteiger partial charge is 0.344 e. The normalized spacial score (nSPS) is 16.3. The highest BCUT2D eigenvalue weighted by Crippen LogP contribution is 2.35. The van der Waals surface area contributed by atoms with E-state index in [-0.39, 0.29) is 11.9 Å². The van der Waals surface area contributed by atoms with E-state index in [0.29, 0.717) is 35.0 Å². The molecular formula is C23H18F3N5O. The molecule has 0 saturated heterocycles. The SMILES string of the molecule is CC1CN(c2ccc(C(F)(F)F)cc2)C(=O)c2c(-c3c[nH]c(-c4ccccc4)n3)cnn21. The molecule has 0 radical (unpaired) electrons. The molecule has 2 aromatic heterocycles. The molecule has 0 spiro atoms. The maximum atomic E-state index is 13.4. The van der Waals surface area contributed by atoms with Crippen molar-refractivity contribution in [1.29, 1.82) is 0 Å². The number of amides is 1. The van der Waals surface area contributed by atoms with Crippen molar-refractivity contribution in [3.63, 3.8) is 0 Å². The number of aromatic nitrogens is 4. The number of carbonyl (C=O) groups excluding carboxylic acids is 1. The van der Waals surface area contributed by atoms with E-state index in [4.69, 9.17) is 0 Å². The third-order valence-electron chi connectivity index (χ3n) is 5.51. The average Bonchev–Trinajstić information content (AvgIpc) is 3.44. The number of carbonyl (C=O) groups is 1. The summed E-state index contributed by atoms with van der Waals surface area (Å²) in [6, 6.07) is 14.0. The number of nitrogens with zero attached hydrogens (tertiary/aromatic N) is 4. The number of alkyl halides is 3. The quantitative estimate of drug-likeness (QED) is 0.480. The van der Waals surface area contributed by atoms with Gasteiger partial charge in [0.15, 0.2) is 0 Å². The van der Waals surface area contributed by atoms with Gasteiger partial charge in [0.25, 0.3) is 5.91 Å². The molecule has 32 heavy (non-hydrogen) atoms. The number of nitrogens with one attached hydrogen (secondary N) is 1. The summed E-state index contributed by atoms with van der Waals surface area (Å²) in [5, 5.41) is 4.39. The van der Waals surface area contributed by atoms with Crippen molar-refractivity contribution < 1.29 is 18.0 Å². The first-order chi connectivity index (χ1) is 15.3. The van der Waals surface area contributed by atoms with Crippen LogP contribution < -0.4 is 4.90 Å². The number of aromatic amines is 1. The summed E-state index contributed by atoms with van der Waals surface area (Å²) in [5.74, 6) is 0.330. The van der Waals surface area contributed by atoms with Crippen LogP contribution in [0.1, 0.15) is 29.0 Å². The minimum atomic E-state index is -4.43. The highest BCUT2D eigenvalue weighted by Gasteiger charge is 2.35. The molecule has 9 heteroatoms. The molecule has 3 heterocycles. The molecule has 6 nitrogen and oxygen atoms in total. The first kappa shape index (κ1) is 20.0. The van der Waals surface area contributed by atoms with Crippen LogP contribution in [0.3, 0.4) is 0 Å². The second kappa shape index (κ2) is 7.37. The first-order valence-corrected chi connectivity index (χ1v) is 10.0.